The third-order valence-corrected chi connectivity index (χ3v) is 6.28. The zero-order valence-electron chi connectivity index (χ0n) is 13.7. The Bertz CT molecular complexity index is 531. The average molecular weight is 317 g/mol. The fourth-order valence-electron chi connectivity index (χ4n) is 5.03. The van der Waals surface area contributed by atoms with E-state index >= 15 is 0 Å². The number of nitrogens with zero attached hydrogens (tertiary/aromatic N) is 4. The third-order valence-electron chi connectivity index (χ3n) is 6.28. The molecule has 3 fully saturated rings. The number of rotatable bonds is 2. The summed E-state index contributed by atoms with van der Waals surface area (Å²) in [7, 11) is 0. The second-order valence-electron chi connectivity index (χ2n) is 7.65. The van der Waals surface area contributed by atoms with Crippen LogP contribution in [0, 0.1) is 17.8 Å². The molecule has 2 saturated carbocycles. The van der Waals surface area contributed by atoms with E-state index in [1.54, 1.807) is 12.7 Å². The predicted octanol–water partition coefficient (Wildman–Crippen LogP) is 1.60. The Morgan fingerprint density at radius 1 is 1.13 bits per heavy atom. The molecule has 6 heteroatoms. The van der Waals surface area contributed by atoms with Gasteiger partial charge in [0.15, 0.2) is 0 Å². The minimum atomic E-state index is 0.194. The Kier molecular flexibility index (Phi) is 4.09. The first-order valence-corrected chi connectivity index (χ1v) is 9.11. The maximum Gasteiger partial charge on any atom is 0.225 e. The number of hydrogen-bond donors (Lipinski definition) is 1. The van der Waals surface area contributed by atoms with Crippen LogP contribution in [0.25, 0.3) is 0 Å². The lowest BCUT2D eigenvalue weighted by atomic mass is 9.65. The van der Waals surface area contributed by atoms with Crippen molar-refractivity contribution in [1.82, 2.24) is 19.7 Å². The predicted molar refractivity (Wildman–Crippen MR) is 86.4 cm³/mol. The summed E-state index contributed by atoms with van der Waals surface area (Å²) in [5, 5.41) is 4.25. The molecular formula is C17H27N5O. The van der Waals surface area contributed by atoms with Crippen LogP contribution in [-0.4, -0.2) is 44.7 Å². The molecule has 3 unspecified atom stereocenters. The van der Waals surface area contributed by atoms with E-state index < -0.39 is 0 Å². The van der Waals surface area contributed by atoms with E-state index in [4.69, 9.17) is 5.73 Å². The van der Waals surface area contributed by atoms with Gasteiger partial charge in [-0.15, -0.1) is 0 Å². The van der Waals surface area contributed by atoms with Gasteiger partial charge in [-0.25, -0.2) is 9.67 Å². The lowest BCUT2D eigenvalue weighted by Crippen LogP contribution is -2.51. The Morgan fingerprint density at radius 2 is 1.91 bits per heavy atom. The second-order valence-corrected chi connectivity index (χ2v) is 7.65. The molecule has 2 aliphatic carbocycles. The number of hydrogen-bond acceptors (Lipinski definition) is 4. The molecule has 0 spiro atoms. The molecule has 126 valence electrons. The number of piperidine rings is 1. The topological polar surface area (TPSA) is 77.0 Å². The first kappa shape index (κ1) is 15.1. The summed E-state index contributed by atoms with van der Waals surface area (Å²) in [6, 6.07) is 0.609. The van der Waals surface area contributed by atoms with Crippen LogP contribution in [-0.2, 0) is 4.79 Å². The molecule has 2 bridgehead atoms. The van der Waals surface area contributed by atoms with Crippen LogP contribution in [0.2, 0.25) is 0 Å². The van der Waals surface area contributed by atoms with Crippen molar-refractivity contribution in [3.05, 3.63) is 12.7 Å². The molecule has 2 heterocycles. The van der Waals surface area contributed by atoms with Crippen LogP contribution >= 0.6 is 0 Å². The maximum absolute atomic E-state index is 13.0. The van der Waals surface area contributed by atoms with Gasteiger partial charge in [0.05, 0.1) is 6.04 Å². The first-order valence-electron chi connectivity index (χ1n) is 9.11. The zero-order chi connectivity index (χ0) is 15.8. The number of nitrogens with two attached hydrogens (primary N) is 1. The molecular weight excluding hydrogens is 290 g/mol. The molecule has 6 nitrogen and oxygen atoms in total. The van der Waals surface area contributed by atoms with Gasteiger partial charge in [0, 0.05) is 25.0 Å². The zero-order valence-corrected chi connectivity index (χ0v) is 13.7. The van der Waals surface area contributed by atoms with Crippen molar-refractivity contribution in [2.45, 2.75) is 57.0 Å². The van der Waals surface area contributed by atoms with Crippen molar-refractivity contribution in [2.75, 3.05) is 13.1 Å². The SMILES string of the molecule is NC1C2CCCC1CC(C(=O)N1CCCC(n3cncn3)C1)C2. The summed E-state index contributed by atoms with van der Waals surface area (Å²) in [5.41, 5.74) is 6.37. The molecule has 3 aliphatic rings. The number of likely N-dealkylation sites (tertiary alicyclic amines) is 1. The highest BCUT2D eigenvalue weighted by Gasteiger charge is 2.42. The van der Waals surface area contributed by atoms with E-state index in [-0.39, 0.29) is 12.0 Å². The van der Waals surface area contributed by atoms with E-state index in [1.165, 1.54) is 19.3 Å². The quantitative estimate of drug-likeness (QED) is 0.898. The summed E-state index contributed by atoms with van der Waals surface area (Å²) in [6.45, 7) is 1.67. The van der Waals surface area contributed by atoms with Gasteiger partial charge in [-0.1, -0.05) is 6.42 Å². The standard InChI is InChI=1S/C17H27N5O/c18-16-12-3-1-4-13(16)8-14(7-12)17(23)21-6-2-5-15(9-21)22-11-19-10-20-22/h10-16H,1-9,18H2. The van der Waals surface area contributed by atoms with E-state index in [0.717, 1.165) is 38.8 Å². The van der Waals surface area contributed by atoms with Gasteiger partial charge in [-0.05, 0) is 50.4 Å². The van der Waals surface area contributed by atoms with Crippen molar-refractivity contribution in [3.8, 4) is 0 Å². The molecule has 4 rings (SSSR count). The highest BCUT2D eigenvalue weighted by atomic mass is 16.2. The van der Waals surface area contributed by atoms with Gasteiger partial charge in [0.2, 0.25) is 5.91 Å². The molecule has 1 aliphatic heterocycles. The molecule has 1 aromatic rings. The van der Waals surface area contributed by atoms with Crippen molar-refractivity contribution >= 4 is 5.91 Å². The van der Waals surface area contributed by atoms with Gasteiger partial charge in [-0.2, -0.15) is 5.10 Å². The van der Waals surface area contributed by atoms with Crippen LogP contribution in [0.15, 0.2) is 12.7 Å². The number of amides is 1. The number of carbonyl (C=O) groups is 1. The smallest absolute Gasteiger partial charge is 0.225 e. The average Bonchev–Trinajstić information content (AvgIpc) is 3.08. The van der Waals surface area contributed by atoms with E-state index in [2.05, 4.69) is 15.0 Å². The molecule has 1 amide bonds. The number of carbonyl (C=O) groups excluding carboxylic acids is 1. The Morgan fingerprint density at radius 3 is 2.61 bits per heavy atom. The molecule has 23 heavy (non-hydrogen) atoms. The van der Waals surface area contributed by atoms with Gasteiger partial charge in [0.1, 0.15) is 12.7 Å². The fourth-order valence-corrected chi connectivity index (χ4v) is 5.03. The number of aromatic nitrogens is 3. The summed E-state index contributed by atoms with van der Waals surface area (Å²) in [4.78, 5) is 19.2. The minimum absolute atomic E-state index is 0.194. The highest BCUT2D eigenvalue weighted by Crippen LogP contribution is 2.42. The second kappa shape index (κ2) is 6.23. The van der Waals surface area contributed by atoms with Crippen LogP contribution in [0.5, 0.6) is 0 Å². The first-order chi connectivity index (χ1) is 11.2. The van der Waals surface area contributed by atoms with Gasteiger partial charge in [-0.3, -0.25) is 4.79 Å². The van der Waals surface area contributed by atoms with Crippen LogP contribution in [0.4, 0.5) is 0 Å². The van der Waals surface area contributed by atoms with Crippen molar-refractivity contribution in [3.63, 3.8) is 0 Å². The van der Waals surface area contributed by atoms with E-state index in [1.807, 2.05) is 4.68 Å². The normalized spacial score (nSPS) is 37.6. The Hall–Kier alpha value is -1.43. The summed E-state index contributed by atoms with van der Waals surface area (Å²) in [5.74, 6) is 1.68. The van der Waals surface area contributed by atoms with Crippen molar-refractivity contribution in [1.29, 1.82) is 0 Å². The third kappa shape index (κ3) is 2.89. The fraction of sp³-hybridized carbons (Fsp3) is 0.824. The molecule has 1 aromatic heterocycles. The van der Waals surface area contributed by atoms with Crippen LogP contribution in [0.1, 0.15) is 51.0 Å². The van der Waals surface area contributed by atoms with E-state index in [9.17, 15) is 4.79 Å². The molecule has 1 saturated heterocycles. The van der Waals surface area contributed by atoms with E-state index in [0.29, 0.717) is 23.8 Å². The van der Waals surface area contributed by atoms with Crippen LogP contribution < -0.4 is 5.73 Å². The Balaban J connectivity index is 1.42. The lowest BCUT2D eigenvalue weighted by molar-refractivity contribution is -0.140. The summed E-state index contributed by atoms with van der Waals surface area (Å²) in [6.07, 6.45) is 11.2. The lowest BCUT2D eigenvalue weighted by Gasteiger charge is -2.45. The van der Waals surface area contributed by atoms with Crippen molar-refractivity contribution in [2.24, 2.45) is 23.5 Å². The molecule has 2 N–H and O–H groups in total. The molecule has 0 radical (unpaired) electrons. The van der Waals surface area contributed by atoms with Crippen LogP contribution in [0.3, 0.4) is 0 Å². The highest BCUT2D eigenvalue weighted by molar-refractivity contribution is 5.79. The minimum Gasteiger partial charge on any atom is -0.340 e. The van der Waals surface area contributed by atoms with Gasteiger partial charge < -0.3 is 10.6 Å². The Labute approximate surface area is 137 Å². The van der Waals surface area contributed by atoms with Gasteiger partial charge >= 0.3 is 0 Å². The summed E-state index contributed by atoms with van der Waals surface area (Å²) >= 11 is 0. The maximum atomic E-state index is 13.0. The van der Waals surface area contributed by atoms with Gasteiger partial charge in [0.25, 0.3) is 0 Å². The number of fused-ring (bicyclic) bond motifs is 2. The summed E-state index contributed by atoms with van der Waals surface area (Å²) < 4.78 is 1.91. The molecule has 0 aromatic carbocycles. The molecule has 3 atom stereocenters. The largest absolute Gasteiger partial charge is 0.340 e. The monoisotopic (exact) mass is 317 g/mol. The van der Waals surface area contributed by atoms with Crippen molar-refractivity contribution < 1.29 is 4.79 Å².